The van der Waals surface area contributed by atoms with Crippen LogP contribution >= 0.6 is 0 Å². The minimum atomic E-state index is 0.435. The third-order valence-electron chi connectivity index (χ3n) is 3.05. The zero-order chi connectivity index (χ0) is 12.3. The van der Waals surface area contributed by atoms with Crippen LogP contribution in [0.4, 0.5) is 0 Å². The highest BCUT2D eigenvalue weighted by Crippen LogP contribution is 2.24. The number of oxazole rings is 1. The normalized spacial score (nSPS) is 12.6. The molecule has 1 unspecified atom stereocenters. The average molecular weight is 230 g/mol. The Labute approximate surface area is 102 Å². The summed E-state index contributed by atoms with van der Waals surface area (Å²) in [6, 6.07) is 7.99. The second kappa shape index (κ2) is 5.15. The molecule has 0 saturated carbocycles. The van der Waals surface area contributed by atoms with Crippen LogP contribution in [0, 0.1) is 0 Å². The van der Waals surface area contributed by atoms with Crippen LogP contribution in [0.15, 0.2) is 34.9 Å². The van der Waals surface area contributed by atoms with Gasteiger partial charge in [0, 0.05) is 18.0 Å². The Kier molecular flexibility index (Phi) is 3.59. The molecule has 0 aliphatic heterocycles. The Hall–Kier alpha value is -1.61. The predicted octanol–water partition coefficient (Wildman–Crippen LogP) is 3.31. The van der Waals surface area contributed by atoms with Gasteiger partial charge in [-0.2, -0.15) is 0 Å². The number of hydrogen-bond donors (Lipinski definition) is 1. The lowest BCUT2D eigenvalue weighted by Gasteiger charge is -2.01. The van der Waals surface area contributed by atoms with Gasteiger partial charge in [-0.1, -0.05) is 26.0 Å². The fourth-order valence-corrected chi connectivity index (χ4v) is 1.69. The molecular formula is C14H18N2O. The fourth-order valence-electron chi connectivity index (χ4n) is 1.69. The maximum Gasteiger partial charge on any atom is 0.226 e. The van der Waals surface area contributed by atoms with Crippen molar-refractivity contribution in [2.45, 2.75) is 32.7 Å². The molecule has 1 aromatic carbocycles. The first-order valence-electron chi connectivity index (χ1n) is 5.99. The lowest BCUT2D eigenvalue weighted by Crippen LogP contribution is -1.96. The largest absolute Gasteiger partial charge is 0.444 e. The number of nitrogens with two attached hydrogens (primary N) is 1. The fraction of sp³-hybridized carbons (Fsp3) is 0.357. The molecule has 0 spiro atoms. The van der Waals surface area contributed by atoms with E-state index in [-0.39, 0.29) is 0 Å². The molecular weight excluding hydrogens is 212 g/mol. The molecule has 2 rings (SSSR count). The van der Waals surface area contributed by atoms with E-state index in [0.717, 1.165) is 23.2 Å². The molecule has 0 radical (unpaired) electrons. The molecule has 0 aliphatic carbocycles. The molecule has 3 heteroatoms. The highest BCUT2D eigenvalue weighted by atomic mass is 16.3. The zero-order valence-electron chi connectivity index (χ0n) is 10.3. The summed E-state index contributed by atoms with van der Waals surface area (Å²) in [6.45, 7) is 4.83. The zero-order valence-corrected chi connectivity index (χ0v) is 10.3. The van der Waals surface area contributed by atoms with Crippen LogP contribution in [0.3, 0.4) is 0 Å². The predicted molar refractivity (Wildman–Crippen MR) is 68.5 cm³/mol. The minimum absolute atomic E-state index is 0.435. The number of nitrogens with zero attached hydrogens (tertiary/aromatic N) is 1. The lowest BCUT2D eigenvalue weighted by molar-refractivity contribution is 0.569. The van der Waals surface area contributed by atoms with Crippen LogP contribution in [-0.4, -0.2) is 4.98 Å². The van der Waals surface area contributed by atoms with Gasteiger partial charge >= 0.3 is 0 Å². The van der Waals surface area contributed by atoms with E-state index in [4.69, 9.17) is 10.2 Å². The first kappa shape index (κ1) is 11.9. The van der Waals surface area contributed by atoms with Gasteiger partial charge in [0.15, 0.2) is 0 Å². The molecule has 0 aliphatic rings. The molecule has 0 bridgehead atoms. The lowest BCUT2D eigenvalue weighted by atomic mass is 10.1. The monoisotopic (exact) mass is 230 g/mol. The summed E-state index contributed by atoms with van der Waals surface area (Å²) in [5, 5.41) is 0. The average Bonchev–Trinajstić information content (AvgIpc) is 2.87. The van der Waals surface area contributed by atoms with Crippen molar-refractivity contribution in [1.82, 2.24) is 4.98 Å². The second-order valence-corrected chi connectivity index (χ2v) is 4.29. The van der Waals surface area contributed by atoms with Gasteiger partial charge in [-0.15, -0.1) is 0 Å². The van der Waals surface area contributed by atoms with Gasteiger partial charge < -0.3 is 10.2 Å². The van der Waals surface area contributed by atoms with Gasteiger partial charge in [0.2, 0.25) is 5.89 Å². The Bertz CT molecular complexity index is 490. The van der Waals surface area contributed by atoms with Gasteiger partial charge in [0.25, 0.3) is 0 Å². The maximum absolute atomic E-state index is 5.62. The molecule has 2 N–H and O–H groups in total. The molecule has 1 aromatic heterocycles. The van der Waals surface area contributed by atoms with Crippen molar-refractivity contribution in [2.75, 3.05) is 0 Å². The van der Waals surface area contributed by atoms with Gasteiger partial charge in [0.1, 0.15) is 6.26 Å². The molecule has 90 valence electrons. The van der Waals surface area contributed by atoms with Gasteiger partial charge in [0.05, 0.1) is 5.69 Å². The Morgan fingerprint density at radius 2 is 2.24 bits per heavy atom. The van der Waals surface area contributed by atoms with Gasteiger partial charge in [-0.25, -0.2) is 4.98 Å². The van der Waals surface area contributed by atoms with Crippen molar-refractivity contribution in [1.29, 1.82) is 0 Å². The van der Waals surface area contributed by atoms with Crippen LogP contribution < -0.4 is 5.73 Å². The van der Waals surface area contributed by atoms with Crippen LogP contribution in [-0.2, 0) is 6.54 Å². The van der Waals surface area contributed by atoms with E-state index >= 15 is 0 Å². The van der Waals surface area contributed by atoms with Crippen molar-refractivity contribution >= 4 is 0 Å². The molecule has 1 atom stereocenters. The Balaban J connectivity index is 2.30. The highest BCUT2D eigenvalue weighted by molar-refractivity contribution is 5.54. The number of benzene rings is 1. The topological polar surface area (TPSA) is 52.0 Å². The molecule has 17 heavy (non-hydrogen) atoms. The van der Waals surface area contributed by atoms with E-state index in [1.54, 1.807) is 6.26 Å². The van der Waals surface area contributed by atoms with Gasteiger partial charge in [-0.3, -0.25) is 0 Å². The quantitative estimate of drug-likeness (QED) is 0.876. The third-order valence-corrected chi connectivity index (χ3v) is 3.05. The van der Waals surface area contributed by atoms with Gasteiger partial charge in [-0.05, 0) is 24.1 Å². The summed E-state index contributed by atoms with van der Waals surface area (Å²) in [4.78, 5) is 4.52. The molecule has 0 saturated heterocycles. The number of aromatic nitrogens is 1. The van der Waals surface area contributed by atoms with Crippen LogP contribution in [0.2, 0.25) is 0 Å². The molecule has 2 aromatic rings. The minimum Gasteiger partial charge on any atom is -0.444 e. The molecule has 0 amide bonds. The molecule has 0 fully saturated rings. The smallest absolute Gasteiger partial charge is 0.226 e. The Morgan fingerprint density at radius 3 is 2.94 bits per heavy atom. The summed E-state index contributed by atoms with van der Waals surface area (Å²) in [5.41, 5.74) is 8.71. The van der Waals surface area contributed by atoms with Crippen LogP contribution in [0.1, 0.15) is 37.4 Å². The second-order valence-electron chi connectivity index (χ2n) is 4.29. The summed E-state index contributed by atoms with van der Waals surface area (Å²) in [6.07, 6.45) is 2.81. The summed E-state index contributed by atoms with van der Waals surface area (Å²) in [5.74, 6) is 1.11. The van der Waals surface area contributed by atoms with E-state index in [0.29, 0.717) is 18.4 Å². The number of hydrogen-bond acceptors (Lipinski definition) is 3. The van der Waals surface area contributed by atoms with Crippen LogP contribution in [0.5, 0.6) is 0 Å². The summed E-state index contributed by atoms with van der Waals surface area (Å²) >= 11 is 0. The SMILES string of the molecule is CCC(C)c1coc(-c2cccc(CN)c2)n1. The first-order valence-corrected chi connectivity index (χ1v) is 5.99. The standard InChI is InChI=1S/C14H18N2O/c1-3-10(2)13-9-17-14(16-13)12-6-4-5-11(7-12)8-15/h4-7,9-10H,3,8,15H2,1-2H3. The van der Waals surface area contributed by atoms with Crippen LogP contribution in [0.25, 0.3) is 11.5 Å². The van der Waals surface area contributed by atoms with Crippen molar-refractivity contribution in [3.63, 3.8) is 0 Å². The summed E-state index contributed by atoms with van der Waals surface area (Å²) in [7, 11) is 0. The molecule has 3 nitrogen and oxygen atoms in total. The van der Waals surface area contributed by atoms with E-state index < -0.39 is 0 Å². The number of rotatable bonds is 4. The Morgan fingerprint density at radius 1 is 1.41 bits per heavy atom. The third kappa shape index (κ3) is 2.56. The van der Waals surface area contributed by atoms with E-state index in [1.807, 2.05) is 24.3 Å². The summed E-state index contributed by atoms with van der Waals surface area (Å²) < 4.78 is 5.52. The first-order chi connectivity index (χ1) is 8.24. The van der Waals surface area contributed by atoms with Crippen molar-refractivity contribution in [3.05, 3.63) is 41.8 Å². The van der Waals surface area contributed by atoms with E-state index in [9.17, 15) is 0 Å². The van der Waals surface area contributed by atoms with Crippen molar-refractivity contribution < 1.29 is 4.42 Å². The van der Waals surface area contributed by atoms with E-state index in [2.05, 4.69) is 18.8 Å². The van der Waals surface area contributed by atoms with E-state index in [1.165, 1.54) is 0 Å². The highest BCUT2D eigenvalue weighted by Gasteiger charge is 2.11. The van der Waals surface area contributed by atoms with Crippen molar-refractivity contribution in [3.8, 4) is 11.5 Å². The maximum atomic E-state index is 5.62. The molecule has 1 heterocycles. The van der Waals surface area contributed by atoms with Crippen molar-refractivity contribution in [2.24, 2.45) is 5.73 Å².